The van der Waals surface area contributed by atoms with Crippen molar-refractivity contribution < 1.29 is 23.9 Å². The van der Waals surface area contributed by atoms with Crippen LogP contribution in [-0.2, 0) is 14.3 Å². The first-order chi connectivity index (χ1) is 17.5. The molecule has 2 aliphatic rings. The molecule has 2 heterocycles. The second kappa shape index (κ2) is 9.77. The first kappa shape index (κ1) is 23.5. The van der Waals surface area contributed by atoms with Crippen LogP contribution in [0.3, 0.4) is 0 Å². The standard InChI is InChI=1S/C29H26N2O5/c1-2-3-18-36-29(35)25-24(31-26(32)21-16-10-11-17-22(21)27(31)33)28(34)30(25)23(19-12-6-4-7-13-19)20-14-8-5-9-15-20/h4-17,23-25H,2-3,18H2,1H3/t24-,25-/m1/s1. The van der Waals surface area contributed by atoms with Crippen LogP contribution in [0.2, 0.25) is 0 Å². The van der Waals surface area contributed by atoms with E-state index in [0.717, 1.165) is 22.4 Å². The summed E-state index contributed by atoms with van der Waals surface area (Å²) in [7, 11) is 0. The number of imide groups is 1. The lowest BCUT2D eigenvalue weighted by atomic mass is 9.86. The number of benzene rings is 3. The van der Waals surface area contributed by atoms with Crippen LogP contribution in [0.1, 0.15) is 57.7 Å². The molecule has 0 radical (unpaired) electrons. The van der Waals surface area contributed by atoms with Crippen molar-refractivity contribution in [3.05, 3.63) is 107 Å². The van der Waals surface area contributed by atoms with Gasteiger partial charge in [0.1, 0.15) is 0 Å². The maximum atomic E-state index is 13.8. The summed E-state index contributed by atoms with van der Waals surface area (Å²) in [5, 5.41) is 0. The molecule has 3 aromatic carbocycles. The third-order valence-corrected chi connectivity index (χ3v) is 6.70. The molecule has 3 aromatic rings. The molecule has 1 fully saturated rings. The first-order valence-corrected chi connectivity index (χ1v) is 12.1. The Morgan fingerprint density at radius 2 is 1.31 bits per heavy atom. The Labute approximate surface area is 209 Å². The fraction of sp³-hybridized carbons (Fsp3) is 0.241. The van der Waals surface area contributed by atoms with E-state index in [2.05, 4.69) is 0 Å². The number of hydrogen-bond acceptors (Lipinski definition) is 5. The average molecular weight is 483 g/mol. The van der Waals surface area contributed by atoms with Crippen LogP contribution in [0.25, 0.3) is 0 Å². The monoisotopic (exact) mass is 482 g/mol. The van der Waals surface area contributed by atoms with Gasteiger partial charge < -0.3 is 9.64 Å². The van der Waals surface area contributed by atoms with Gasteiger partial charge in [0, 0.05) is 0 Å². The smallest absolute Gasteiger partial charge is 0.331 e. The number of nitrogens with zero attached hydrogens (tertiary/aromatic N) is 2. The fourth-order valence-electron chi connectivity index (χ4n) is 4.92. The molecule has 0 aliphatic carbocycles. The Morgan fingerprint density at radius 3 is 1.81 bits per heavy atom. The van der Waals surface area contributed by atoms with E-state index in [1.807, 2.05) is 67.6 Å². The number of hydrogen-bond donors (Lipinski definition) is 0. The molecular formula is C29H26N2O5. The lowest BCUT2D eigenvalue weighted by Gasteiger charge is -2.51. The molecule has 1 saturated heterocycles. The summed E-state index contributed by atoms with van der Waals surface area (Å²) in [5.41, 5.74) is 2.08. The molecule has 0 unspecified atom stereocenters. The molecule has 5 rings (SSSR count). The van der Waals surface area contributed by atoms with E-state index in [4.69, 9.17) is 4.74 Å². The van der Waals surface area contributed by atoms with Gasteiger partial charge >= 0.3 is 5.97 Å². The highest BCUT2D eigenvalue weighted by Crippen LogP contribution is 2.41. The van der Waals surface area contributed by atoms with Crippen LogP contribution >= 0.6 is 0 Å². The van der Waals surface area contributed by atoms with Crippen LogP contribution in [-0.4, -0.2) is 52.2 Å². The second-order valence-corrected chi connectivity index (χ2v) is 8.91. The van der Waals surface area contributed by atoms with Gasteiger partial charge in [0.25, 0.3) is 11.8 Å². The molecular weight excluding hydrogens is 456 g/mol. The summed E-state index contributed by atoms with van der Waals surface area (Å²) in [6, 6.07) is 22.2. The van der Waals surface area contributed by atoms with Crippen LogP contribution in [0.4, 0.5) is 0 Å². The van der Waals surface area contributed by atoms with Crippen molar-refractivity contribution in [1.29, 1.82) is 0 Å². The van der Waals surface area contributed by atoms with Crippen molar-refractivity contribution in [3.8, 4) is 0 Å². The Hall–Kier alpha value is -4.26. The van der Waals surface area contributed by atoms with E-state index in [-0.39, 0.29) is 17.7 Å². The largest absolute Gasteiger partial charge is 0.464 e. The van der Waals surface area contributed by atoms with E-state index >= 15 is 0 Å². The van der Waals surface area contributed by atoms with Gasteiger partial charge in [-0.1, -0.05) is 86.1 Å². The van der Waals surface area contributed by atoms with E-state index in [1.165, 1.54) is 4.90 Å². The summed E-state index contributed by atoms with van der Waals surface area (Å²) in [5.74, 6) is -2.24. The number of rotatable bonds is 8. The second-order valence-electron chi connectivity index (χ2n) is 8.91. The number of β-lactam (4-membered cyclic amide) rings is 1. The van der Waals surface area contributed by atoms with E-state index in [9.17, 15) is 19.2 Å². The maximum absolute atomic E-state index is 13.8. The molecule has 7 heteroatoms. The van der Waals surface area contributed by atoms with Gasteiger partial charge in [0.15, 0.2) is 12.1 Å². The minimum Gasteiger partial charge on any atom is -0.464 e. The minimum absolute atomic E-state index is 0.198. The van der Waals surface area contributed by atoms with Gasteiger partial charge in [0.05, 0.1) is 23.8 Å². The molecule has 0 bridgehead atoms. The molecule has 7 nitrogen and oxygen atoms in total. The summed E-state index contributed by atoms with van der Waals surface area (Å²) in [6.45, 7) is 2.18. The minimum atomic E-state index is -1.26. The third kappa shape index (κ3) is 3.86. The highest BCUT2D eigenvalue weighted by atomic mass is 16.5. The number of esters is 1. The highest BCUT2D eigenvalue weighted by molar-refractivity contribution is 6.24. The maximum Gasteiger partial charge on any atom is 0.331 e. The molecule has 0 spiro atoms. The van der Waals surface area contributed by atoms with Crippen molar-refractivity contribution in [1.82, 2.24) is 9.80 Å². The summed E-state index contributed by atoms with van der Waals surface area (Å²) in [4.78, 5) is 56.0. The Kier molecular flexibility index (Phi) is 6.38. The van der Waals surface area contributed by atoms with Crippen LogP contribution in [0, 0.1) is 0 Å². The van der Waals surface area contributed by atoms with Crippen molar-refractivity contribution in [2.45, 2.75) is 37.9 Å². The third-order valence-electron chi connectivity index (χ3n) is 6.70. The fourth-order valence-corrected chi connectivity index (χ4v) is 4.92. The van der Waals surface area contributed by atoms with Crippen molar-refractivity contribution >= 4 is 23.7 Å². The summed E-state index contributed by atoms with van der Waals surface area (Å²) in [6.07, 6.45) is 1.50. The van der Waals surface area contributed by atoms with Crippen LogP contribution in [0.15, 0.2) is 84.9 Å². The zero-order valence-corrected chi connectivity index (χ0v) is 19.9. The van der Waals surface area contributed by atoms with E-state index in [1.54, 1.807) is 24.3 Å². The van der Waals surface area contributed by atoms with Crippen molar-refractivity contribution in [3.63, 3.8) is 0 Å². The topological polar surface area (TPSA) is 84.0 Å². The Morgan fingerprint density at radius 1 is 0.806 bits per heavy atom. The van der Waals surface area contributed by atoms with E-state index in [0.29, 0.717) is 6.42 Å². The molecule has 0 aromatic heterocycles. The quantitative estimate of drug-likeness (QED) is 0.210. The molecule has 3 amide bonds. The highest BCUT2D eigenvalue weighted by Gasteiger charge is 2.61. The predicted molar refractivity (Wildman–Crippen MR) is 132 cm³/mol. The van der Waals surface area contributed by atoms with Crippen molar-refractivity contribution in [2.75, 3.05) is 6.61 Å². The van der Waals surface area contributed by atoms with Crippen molar-refractivity contribution in [2.24, 2.45) is 0 Å². The number of unbranched alkanes of at least 4 members (excludes halogenated alkanes) is 1. The van der Waals surface area contributed by atoms with E-state index < -0.39 is 41.8 Å². The van der Waals surface area contributed by atoms with Crippen LogP contribution < -0.4 is 0 Å². The lowest BCUT2D eigenvalue weighted by molar-refractivity contribution is -0.176. The van der Waals surface area contributed by atoms with Crippen LogP contribution in [0.5, 0.6) is 0 Å². The van der Waals surface area contributed by atoms with Gasteiger partial charge in [-0.05, 0) is 29.7 Å². The first-order valence-electron chi connectivity index (χ1n) is 12.1. The number of fused-ring (bicyclic) bond motifs is 1. The molecule has 182 valence electrons. The predicted octanol–water partition coefficient (Wildman–Crippen LogP) is 3.99. The zero-order chi connectivity index (χ0) is 25.2. The molecule has 2 atom stereocenters. The molecule has 2 aliphatic heterocycles. The van der Waals surface area contributed by atoms with Gasteiger partial charge in [-0.15, -0.1) is 0 Å². The lowest BCUT2D eigenvalue weighted by Crippen LogP contribution is -2.74. The molecule has 0 saturated carbocycles. The number of likely N-dealkylation sites (tertiary alicyclic amines) is 1. The summed E-state index contributed by atoms with van der Waals surface area (Å²) >= 11 is 0. The zero-order valence-electron chi connectivity index (χ0n) is 19.9. The number of amides is 3. The normalized spacial score (nSPS) is 18.9. The number of carbonyl (C=O) groups is 4. The molecule has 0 N–H and O–H groups in total. The average Bonchev–Trinajstić information content (AvgIpc) is 3.16. The van der Waals surface area contributed by atoms with Gasteiger partial charge in [-0.3, -0.25) is 19.3 Å². The number of carbonyl (C=O) groups excluding carboxylic acids is 4. The number of ether oxygens (including phenoxy) is 1. The SMILES string of the molecule is CCCCOC(=O)[C@H]1[C@@H](N2C(=O)c3ccccc3C2=O)C(=O)N1C(c1ccccc1)c1ccccc1. The van der Waals surface area contributed by atoms with Gasteiger partial charge in [0.2, 0.25) is 5.91 Å². The van der Waals surface area contributed by atoms with Gasteiger partial charge in [-0.25, -0.2) is 4.79 Å². The Bertz CT molecular complexity index is 1230. The van der Waals surface area contributed by atoms with Gasteiger partial charge in [-0.2, -0.15) is 0 Å². The Balaban J connectivity index is 1.56. The molecule has 36 heavy (non-hydrogen) atoms. The summed E-state index contributed by atoms with van der Waals surface area (Å²) < 4.78 is 5.54.